The van der Waals surface area contributed by atoms with E-state index < -0.39 is 12.8 Å². The van der Waals surface area contributed by atoms with Crippen LogP contribution in [0.5, 0.6) is 11.5 Å². The van der Waals surface area contributed by atoms with E-state index in [1.807, 2.05) is 18.2 Å². The Hall–Kier alpha value is -2.42. The Bertz CT molecular complexity index is 912. The van der Waals surface area contributed by atoms with Crippen LogP contribution in [-0.2, 0) is 5.75 Å². The number of thioether (sulfide) groups is 1. The summed E-state index contributed by atoms with van der Waals surface area (Å²) in [5.41, 5.74) is 2.88. The van der Waals surface area contributed by atoms with Gasteiger partial charge in [0.2, 0.25) is 0 Å². The number of benzene rings is 1. The second-order valence-electron chi connectivity index (χ2n) is 5.50. The molecular weight excluding hydrogens is 367 g/mol. The van der Waals surface area contributed by atoms with Crippen LogP contribution in [0.15, 0.2) is 35.6 Å². The fourth-order valence-corrected chi connectivity index (χ4v) is 3.23. The second kappa shape index (κ2) is 7.45. The summed E-state index contributed by atoms with van der Waals surface area (Å²) in [5.74, 6) is 1.36. The minimum Gasteiger partial charge on any atom is -0.497 e. The minimum absolute atomic E-state index is 0.183. The highest BCUT2D eigenvalue weighted by Crippen LogP contribution is 2.28. The van der Waals surface area contributed by atoms with Gasteiger partial charge in [-0.05, 0) is 25.1 Å². The molecule has 3 aromatic rings. The summed E-state index contributed by atoms with van der Waals surface area (Å²) in [6.45, 7) is 0.369. The van der Waals surface area contributed by atoms with Gasteiger partial charge >= 0.3 is 6.18 Å². The predicted molar refractivity (Wildman–Crippen MR) is 92.7 cm³/mol. The number of alkyl halides is 3. The smallest absolute Gasteiger partial charge is 0.422 e. The largest absolute Gasteiger partial charge is 0.497 e. The first kappa shape index (κ1) is 18.4. The number of rotatable bonds is 6. The number of hydrogen-bond donors (Lipinski definition) is 1. The van der Waals surface area contributed by atoms with E-state index in [1.165, 1.54) is 24.0 Å². The van der Waals surface area contributed by atoms with Gasteiger partial charge in [-0.25, -0.2) is 4.98 Å². The number of methoxy groups -OCH3 is 1. The molecule has 5 nitrogen and oxygen atoms in total. The van der Waals surface area contributed by atoms with E-state index in [0.717, 1.165) is 16.8 Å². The number of H-pyrrole nitrogens is 1. The lowest BCUT2D eigenvalue weighted by Gasteiger charge is -2.13. The molecule has 0 saturated heterocycles. The molecule has 0 saturated carbocycles. The molecule has 2 heterocycles. The Labute approximate surface area is 151 Å². The SMILES string of the molecule is COc1ccc2nc(SCc3nccc(OCC(F)(F)F)c3C)[nH]c2c1. The van der Waals surface area contributed by atoms with Crippen LogP contribution in [-0.4, -0.2) is 34.8 Å². The summed E-state index contributed by atoms with van der Waals surface area (Å²) in [6, 6.07) is 6.96. The van der Waals surface area contributed by atoms with Crippen molar-refractivity contribution in [1.29, 1.82) is 0 Å². The summed E-state index contributed by atoms with van der Waals surface area (Å²) in [6.07, 6.45) is -2.93. The van der Waals surface area contributed by atoms with Gasteiger partial charge < -0.3 is 14.5 Å². The Kier molecular flexibility index (Phi) is 5.26. The topological polar surface area (TPSA) is 60.0 Å². The number of nitrogens with one attached hydrogen (secondary N) is 1. The van der Waals surface area contributed by atoms with Crippen LogP contribution in [0.3, 0.4) is 0 Å². The molecule has 2 aromatic heterocycles. The molecule has 0 unspecified atom stereocenters. The van der Waals surface area contributed by atoms with Crippen LogP contribution in [0, 0.1) is 6.92 Å². The van der Waals surface area contributed by atoms with Crippen molar-refractivity contribution in [2.24, 2.45) is 0 Å². The number of fused-ring (bicyclic) bond motifs is 1. The molecule has 1 N–H and O–H groups in total. The highest BCUT2D eigenvalue weighted by atomic mass is 32.2. The van der Waals surface area contributed by atoms with Crippen LogP contribution in [0.4, 0.5) is 13.2 Å². The van der Waals surface area contributed by atoms with E-state index in [-0.39, 0.29) is 5.75 Å². The normalized spacial score (nSPS) is 11.7. The summed E-state index contributed by atoms with van der Waals surface area (Å²) in [7, 11) is 1.59. The van der Waals surface area contributed by atoms with Crippen molar-refractivity contribution in [3.05, 3.63) is 41.7 Å². The zero-order valence-corrected chi connectivity index (χ0v) is 14.9. The summed E-state index contributed by atoms with van der Waals surface area (Å²) in [5, 5.41) is 0.691. The van der Waals surface area contributed by atoms with Gasteiger partial charge in [-0.2, -0.15) is 13.2 Å². The van der Waals surface area contributed by atoms with Crippen LogP contribution in [0.1, 0.15) is 11.3 Å². The maximum atomic E-state index is 12.3. The van der Waals surface area contributed by atoms with Gasteiger partial charge in [0.1, 0.15) is 11.5 Å². The van der Waals surface area contributed by atoms with Crippen molar-refractivity contribution < 1.29 is 22.6 Å². The number of imidazole rings is 1. The lowest BCUT2D eigenvalue weighted by atomic mass is 10.2. The van der Waals surface area contributed by atoms with Crippen molar-refractivity contribution >= 4 is 22.8 Å². The van der Waals surface area contributed by atoms with Gasteiger partial charge in [-0.15, -0.1) is 0 Å². The van der Waals surface area contributed by atoms with Crippen molar-refractivity contribution in [2.45, 2.75) is 24.0 Å². The van der Waals surface area contributed by atoms with Crippen molar-refractivity contribution in [2.75, 3.05) is 13.7 Å². The van der Waals surface area contributed by atoms with Crippen LogP contribution in [0.25, 0.3) is 11.0 Å². The quantitative estimate of drug-likeness (QED) is 0.635. The van der Waals surface area contributed by atoms with Gasteiger partial charge in [0.25, 0.3) is 0 Å². The number of ether oxygens (including phenoxy) is 2. The second-order valence-corrected chi connectivity index (χ2v) is 6.46. The highest BCUT2D eigenvalue weighted by molar-refractivity contribution is 7.98. The minimum atomic E-state index is -4.38. The molecule has 0 amide bonds. The van der Waals surface area contributed by atoms with Crippen LogP contribution < -0.4 is 9.47 Å². The fourth-order valence-electron chi connectivity index (χ4n) is 2.32. The molecule has 138 valence electrons. The Morgan fingerprint density at radius 1 is 1.23 bits per heavy atom. The Balaban J connectivity index is 1.71. The molecule has 0 aliphatic rings. The summed E-state index contributed by atoms with van der Waals surface area (Å²) in [4.78, 5) is 11.9. The average molecular weight is 383 g/mol. The van der Waals surface area contributed by atoms with E-state index >= 15 is 0 Å². The van der Waals surface area contributed by atoms with E-state index in [0.29, 0.717) is 22.2 Å². The molecule has 0 aliphatic heterocycles. The maximum Gasteiger partial charge on any atom is 0.422 e. The first-order valence-corrected chi connectivity index (χ1v) is 8.65. The van der Waals surface area contributed by atoms with Gasteiger partial charge in [-0.3, -0.25) is 4.98 Å². The molecular formula is C17H16F3N3O2S. The molecule has 26 heavy (non-hydrogen) atoms. The molecule has 9 heteroatoms. The van der Waals surface area contributed by atoms with E-state index in [9.17, 15) is 13.2 Å². The summed E-state index contributed by atoms with van der Waals surface area (Å²) < 4.78 is 47.0. The first-order valence-electron chi connectivity index (χ1n) is 7.66. The number of nitrogens with zero attached hydrogens (tertiary/aromatic N) is 2. The Morgan fingerprint density at radius 2 is 2.04 bits per heavy atom. The molecule has 0 fully saturated rings. The monoisotopic (exact) mass is 383 g/mol. The maximum absolute atomic E-state index is 12.3. The molecule has 0 spiro atoms. The number of aromatic nitrogens is 3. The number of hydrogen-bond acceptors (Lipinski definition) is 5. The van der Waals surface area contributed by atoms with Gasteiger partial charge in [-0.1, -0.05) is 11.8 Å². The third-order valence-corrected chi connectivity index (χ3v) is 4.55. The zero-order valence-electron chi connectivity index (χ0n) is 14.1. The average Bonchev–Trinajstić information content (AvgIpc) is 3.00. The predicted octanol–water partition coefficient (Wildman–Crippen LogP) is 4.51. The lowest BCUT2D eigenvalue weighted by Crippen LogP contribution is -2.19. The molecule has 0 atom stereocenters. The first-order chi connectivity index (χ1) is 12.4. The third-order valence-electron chi connectivity index (χ3n) is 3.66. The van der Waals surface area contributed by atoms with Gasteiger partial charge in [0, 0.05) is 23.6 Å². The molecule has 0 radical (unpaired) electrons. The zero-order chi connectivity index (χ0) is 18.7. The summed E-state index contributed by atoms with van der Waals surface area (Å²) >= 11 is 1.41. The number of pyridine rings is 1. The van der Waals surface area contributed by atoms with Gasteiger partial charge in [0.15, 0.2) is 11.8 Å². The van der Waals surface area contributed by atoms with E-state index in [4.69, 9.17) is 9.47 Å². The molecule has 0 aliphatic carbocycles. The van der Waals surface area contributed by atoms with Crippen molar-refractivity contribution in [3.8, 4) is 11.5 Å². The van der Waals surface area contributed by atoms with Crippen LogP contribution in [0.2, 0.25) is 0 Å². The lowest BCUT2D eigenvalue weighted by molar-refractivity contribution is -0.153. The number of aromatic amines is 1. The third kappa shape index (κ3) is 4.40. The molecule has 1 aromatic carbocycles. The van der Waals surface area contributed by atoms with Gasteiger partial charge in [0.05, 0.1) is 23.8 Å². The van der Waals surface area contributed by atoms with Crippen molar-refractivity contribution in [1.82, 2.24) is 15.0 Å². The van der Waals surface area contributed by atoms with E-state index in [1.54, 1.807) is 14.0 Å². The standard InChI is InChI=1S/C17H16F3N3O2S/c1-10-14(21-6-5-15(10)25-9-17(18,19)20)8-26-16-22-12-4-3-11(24-2)7-13(12)23-16/h3-7H,8-9H2,1-2H3,(H,22,23). The molecule has 0 bridgehead atoms. The van der Waals surface area contributed by atoms with E-state index in [2.05, 4.69) is 15.0 Å². The Morgan fingerprint density at radius 3 is 2.77 bits per heavy atom. The van der Waals surface area contributed by atoms with Crippen LogP contribution >= 0.6 is 11.8 Å². The van der Waals surface area contributed by atoms with Crippen molar-refractivity contribution in [3.63, 3.8) is 0 Å². The molecule has 3 rings (SSSR count). The highest BCUT2D eigenvalue weighted by Gasteiger charge is 2.28. The number of halogens is 3. The fraction of sp³-hybridized carbons (Fsp3) is 0.294.